The van der Waals surface area contributed by atoms with Crippen LogP contribution in [0.2, 0.25) is 0 Å². The van der Waals surface area contributed by atoms with Gasteiger partial charge in [0.25, 0.3) is 0 Å². The van der Waals surface area contributed by atoms with Gasteiger partial charge in [0.2, 0.25) is 0 Å². The molecule has 0 amide bonds. The van der Waals surface area contributed by atoms with E-state index in [1.165, 1.54) is 36.9 Å². The smallest absolute Gasteiger partial charge is 0.0123 e. The van der Waals surface area contributed by atoms with E-state index in [1.54, 1.807) is 0 Å². The zero-order valence-corrected chi connectivity index (χ0v) is 8.80. The maximum Gasteiger partial charge on any atom is 0.0123 e. The summed E-state index contributed by atoms with van der Waals surface area (Å²) in [5.74, 6) is 0.941. The summed E-state index contributed by atoms with van der Waals surface area (Å²) in [7, 11) is 0. The van der Waals surface area contributed by atoms with E-state index in [0.717, 1.165) is 5.92 Å². The van der Waals surface area contributed by atoms with Crippen molar-refractivity contribution in [2.24, 2.45) is 5.92 Å². The summed E-state index contributed by atoms with van der Waals surface area (Å²) < 4.78 is 1.28. The molecule has 0 spiro atoms. The molecule has 0 aromatic carbocycles. The number of hydrogen-bond donors (Lipinski definition) is 0. The lowest BCUT2D eigenvalue weighted by molar-refractivity contribution is 0.195. The first kappa shape index (κ1) is 8.78. The number of piperidine rings is 1. The van der Waals surface area contributed by atoms with Crippen molar-refractivity contribution in [1.29, 1.82) is 0 Å². The standard InChI is InChI=1S/C8H16IN/c1-8-3-2-5-10(7-8)6-4-9/h8H,2-7H2,1H3. The van der Waals surface area contributed by atoms with Gasteiger partial charge in [-0.1, -0.05) is 29.5 Å². The lowest BCUT2D eigenvalue weighted by Crippen LogP contribution is -2.35. The van der Waals surface area contributed by atoms with Crippen molar-refractivity contribution < 1.29 is 0 Å². The van der Waals surface area contributed by atoms with Crippen LogP contribution in [0.5, 0.6) is 0 Å². The molecule has 2 heteroatoms. The van der Waals surface area contributed by atoms with Crippen LogP contribution in [0.1, 0.15) is 19.8 Å². The number of rotatable bonds is 2. The molecule has 0 aromatic rings. The highest BCUT2D eigenvalue weighted by Gasteiger charge is 2.14. The van der Waals surface area contributed by atoms with E-state index >= 15 is 0 Å². The number of hydrogen-bond acceptors (Lipinski definition) is 1. The Bertz CT molecular complexity index is 93.3. The normalized spacial score (nSPS) is 28.8. The zero-order valence-electron chi connectivity index (χ0n) is 6.65. The fraction of sp³-hybridized carbons (Fsp3) is 1.00. The Hall–Kier alpha value is 0.690. The number of halogens is 1. The average molecular weight is 253 g/mol. The largest absolute Gasteiger partial charge is 0.302 e. The number of nitrogens with zero attached hydrogens (tertiary/aromatic N) is 1. The molecular formula is C8H16IN. The Balaban J connectivity index is 2.18. The molecule has 1 heterocycles. The predicted molar refractivity (Wildman–Crippen MR) is 53.7 cm³/mol. The third kappa shape index (κ3) is 2.74. The molecule has 1 aliphatic rings. The molecule has 0 bridgehead atoms. The monoisotopic (exact) mass is 253 g/mol. The summed E-state index contributed by atoms with van der Waals surface area (Å²) in [4.78, 5) is 2.58. The van der Waals surface area contributed by atoms with Gasteiger partial charge >= 0.3 is 0 Å². The Morgan fingerprint density at radius 1 is 1.60 bits per heavy atom. The summed E-state index contributed by atoms with van der Waals surface area (Å²) in [6.45, 7) is 6.33. The lowest BCUT2D eigenvalue weighted by Gasteiger charge is -2.30. The quantitative estimate of drug-likeness (QED) is 0.538. The SMILES string of the molecule is CC1CCCN(CCI)C1. The number of alkyl halides is 1. The fourth-order valence-corrected chi connectivity index (χ4v) is 2.29. The molecule has 1 aliphatic heterocycles. The van der Waals surface area contributed by atoms with Crippen LogP contribution in [0.4, 0.5) is 0 Å². The van der Waals surface area contributed by atoms with Crippen LogP contribution in [-0.2, 0) is 0 Å². The molecule has 1 nitrogen and oxygen atoms in total. The molecule has 0 radical (unpaired) electrons. The maximum atomic E-state index is 2.58. The van der Waals surface area contributed by atoms with Gasteiger partial charge in [-0.05, 0) is 25.3 Å². The van der Waals surface area contributed by atoms with E-state index in [-0.39, 0.29) is 0 Å². The molecule has 1 unspecified atom stereocenters. The van der Waals surface area contributed by atoms with E-state index in [9.17, 15) is 0 Å². The molecule has 0 N–H and O–H groups in total. The fourth-order valence-electron chi connectivity index (χ4n) is 1.61. The third-order valence-electron chi connectivity index (χ3n) is 2.14. The van der Waals surface area contributed by atoms with Crippen LogP contribution < -0.4 is 0 Å². The van der Waals surface area contributed by atoms with E-state index in [2.05, 4.69) is 34.4 Å². The number of likely N-dealkylation sites (tertiary alicyclic amines) is 1. The topological polar surface area (TPSA) is 3.24 Å². The second-order valence-corrected chi connectivity index (χ2v) is 4.32. The highest BCUT2D eigenvalue weighted by molar-refractivity contribution is 14.1. The minimum absolute atomic E-state index is 0.941. The highest BCUT2D eigenvalue weighted by Crippen LogP contribution is 2.14. The summed E-state index contributed by atoms with van der Waals surface area (Å²) in [6.07, 6.45) is 2.86. The van der Waals surface area contributed by atoms with Crippen molar-refractivity contribution in [2.75, 3.05) is 24.1 Å². The summed E-state index contributed by atoms with van der Waals surface area (Å²) >= 11 is 2.46. The Morgan fingerprint density at radius 2 is 2.40 bits per heavy atom. The van der Waals surface area contributed by atoms with Crippen molar-refractivity contribution >= 4 is 22.6 Å². The summed E-state index contributed by atoms with van der Waals surface area (Å²) in [5, 5.41) is 0. The molecule has 1 saturated heterocycles. The van der Waals surface area contributed by atoms with Gasteiger partial charge in [0.05, 0.1) is 0 Å². The van der Waals surface area contributed by atoms with E-state index in [1.807, 2.05) is 0 Å². The average Bonchev–Trinajstić information content (AvgIpc) is 1.88. The minimum Gasteiger partial charge on any atom is -0.302 e. The van der Waals surface area contributed by atoms with Gasteiger partial charge in [-0.25, -0.2) is 0 Å². The van der Waals surface area contributed by atoms with Gasteiger partial charge in [-0.15, -0.1) is 0 Å². The Morgan fingerprint density at radius 3 is 3.00 bits per heavy atom. The Kier molecular flexibility index (Phi) is 3.99. The van der Waals surface area contributed by atoms with Crippen LogP contribution in [0.3, 0.4) is 0 Å². The highest BCUT2D eigenvalue weighted by atomic mass is 127. The van der Waals surface area contributed by atoms with Gasteiger partial charge in [-0.2, -0.15) is 0 Å². The first-order valence-electron chi connectivity index (χ1n) is 4.11. The summed E-state index contributed by atoms with van der Waals surface area (Å²) in [6, 6.07) is 0. The van der Waals surface area contributed by atoms with Crippen LogP contribution in [-0.4, -0.2) is 29.0 Å². The van der Waals surface area contributed by atoms with Crippen molar-refractivity contribution in [3.8, 4) is 0 Å². The molecule has 1 fully saturated rings. The molecule has 1 rings (SSSR count). The molecular weight excluding hydrogens is 237 g/mol. The molecule has 0 saturated carbocycles. The first-order valence-corrected chi connectivity index (χ1v) is 5.64. The molecule has 10 heavy (non-hydrogen) atoms. The van der Waals surface area contributed by atoms with Gasteiger partial charge in [0, 0.05) is 17.5 Å². The summed E-state index contributed by atoms with van der Waals surface area (Å²) in [5.41, 5.74) is 0. The van der Waals surface area contributed by atoms with Crippen LogP contribution in [0.25, 0.3) is 0 Å². The predicted octanol–water partition coefficient (Wildman–Crippen LogP) is 2.15. The van der Waals surface area contributed by atoms with Gasteiger partial charge < -0.3 is 4.90 Å². The Labute approximate surface area is 77.3 Å². The van der Waals surface area contributed by atoms with Crippen molar-refractivity contribution in [3.05, 3.63) is 0 Å². The second-order valence-electron chi connectivity index (χ2n) is 3.24. The van der Waals surface area contributed by atoms with Crippen molar-refractivity contribution in [3.63, 3.8) is 0 Å². The second kappa shape index (κ2) is 4.54. The van der Waals surface area contributed by atoms with E-state index in [0.29, 0.717) is 0 Å². The van der Waals surface area contributed by atoms with Crippen LogP contribution in [0, 0.1) is 5.92 Å². The molecule has 1 atom stereocenters. The van der Waals surface area contributed by atoms with Crippen molar-refractivity contribution in [2.45, 2.75) is 19.8 Å². The van der Waals surface area contributed by atoms with E-state index < -0.39 is 0 Å². The zero-order chi connectivity index (χ0) is 7.40. The van der Waals surface area contributed by atoms with Gasteiger partial charge in [-0.3, -0.25) is 0 Å². The van der Waals surface area contributed by atoms with Crippen molar-refractivity contribution in [1.82, 2.24) is 4.90 Å². The third-order valence-corrected chi connectivity index (χ3v) is 2.62. The van der Waals surface area contributed by atoms with Gasteiger partial charge in [0.1, 0.15) is 0 Å². The molecule has 0 aliphatic carbocycles. The van der Waals surface area contributed by atoms with Crippen LogP contribution in [0.15, 0.2) is 0 Å². The van der Waals surface area contributed by atoms with Gasteiger partial charge in [0.15, 0.2) is 0 Å². The maximum absolute atomic E-state index is 2.58. The molecule has 60 valence electrons. The minimum atomic E-state index is 0.941. The van der Waals surface area contributed by atoms with Crippen LogP contribution >= 0.6 is 22.6 Å². The van der Waals surface area contributed by atoms with E-state index in [4.69, 9.17) is 0 Å². The molecule has 0 aromatic heterocycles. The first-order chi connectivity index (χ1) is 4.83. The lowest BCUT2D eigenvalue weighted by atomic mass is 10.0.